The summed E-state index contributed by atoms with van der Waals surface area (Å²) < 4.78 is 6.39. The second-order valence-corrected chi connectivity index (χ2v) is 12.8. The van der Waals surface area contributed by atoms with Crippen LogP contribution in [0.15, 0.2) is 186 Å². The average Bonchev–Trinajstić information content (AvgIpc) is 3.55. The summed E-state index contributed by atoms with van der Waals surface area (Å²) in [5.41, 5.74) is 11.6. The van der Waals surface area contributed by atoms with Gasteiger partial charge >= 0.3 is 0 Å². The molecule has 0 fully saturated rings. The van der Waals surface area contributed by atoms with Gasteiger partial charge in [-0.1, -0.05) is 158 Å². The van der Waals surface area contributed by atoms with E-state index in [1.165, 1.54) is 71.3 Å². The van der Waals surface area contributed by atoms with Crippen LogP contribution in [0.25, 0.3) is 98.8 Å². The molecule has 1 aromatic heterocycles. The molecule has 1 nitrogen and oxygen atoms in total. The molecule has 1 heteroatoms. The number of benzene rings is 9. The van der Waals surface area contributed by atoms with Gasteiger partial charge in [-0.05, 0) is 101 Å². The van der Waals surface area contributed by atoms with Gasteiger partial charge in [-0.3, -0.25) is 0 Å². The summed E-state index contributed by atoms with van der Waals surface area (Å²) in [4.78, 5) is 0. The van der Waals surface area contributed by atoms with Gasteiger partial charge in [0.25, 0.3) is 0 Å². The fourth-order valence-electron chi connectivity index (χ4n) is 7.97. The van der Waals surface area contributed by atoms with Gasteiger partial charge in [0.1, 0.15) is 11.2 Å². The highest BCUT2D eigenvalue weighted by molar-refractivity contribution is 6.25. The molecule has 0 N–H and O–H groups in total. The van der Waals surface area contributed by atoms with Gasteiger partial charge in [0.15, 0.2) is 0 Å². The number of rotatable bonds is 4. The number of furan rings is 1. The van der Waals surface area contributed by atoms with E-state index in [1.54, 1.807) is 0 Å². The lowest BCUT2D eigenvalue weighted by atomic mass is 9.80. The van der Waals surface area contributed by atoms with Crippen molar-refractivity contribution in [1.29, 1.82) is 0 Å². The Hall–Kier alpha value is -6.44. The lowest BCUT2D eigenvalue weighted by Crippen LogP contribution is -1.96. The maximum absolute atomic E-state index is 6.39. The highest BCUT2D eigenvalue weighted by Gasteiger charge is 2.23. The van der Waals surface area contributed by atoms with Crippen LogP contribution in [-0.2, 0) is 0 Å². The molecule has 228 valence electrons. The normalized spacial score (nSPS) is 11.7. The highest BCUT2D eigenvalue weighted by Crippen LogP contribution is 2.50. The predicted molar refractivity (Wildman–Crippen MR) is 208 cm³/mol. The van der Waals surface area contributed by atoms with Crippen LogP contribution in [0.3, 0.4) is 0 Å². The number of hydrogen-bond donors (Lipinski definition) is 0. The van der Waals surface area contributed by atoms with Crippen molar-refractivity contribution in [2.75, 3.05) is 0 Å². The Morgan fingerprint density at radius 3 is 1.41 bits per heavy atom. The third kappa shape index (κ3) is 4.33. The zero-order chi connectivity index (χ0) is 32.3. The summed E-state index contributed by atoms with van der Waals surface area (Å²) in [5.74, 6) is 0. The van der Waals surface area contributed by atoms with E-state index in [0.29, 0.717) is 0 Å². The van der Waals surface area contributed by atoms with Crippen LogP contribution in [0.2, 0.25) is 0 Å². The molecule has 0 saturated carbocycles. The summed E-state index contributed by atoms with van der Waals surface area (Å²) in [6.07, 6.45) is 0. The molecule has 0 aliphatic rings. The molecule has 0 amide bonds. The first-order valence-corrected chi connectivity index (χ1v) is 16.9. The van der Waals surface area contributed by atoms with E-state index >= 15 is 0 Å². The van der Waals surface area contributed by atoms with Crippen LogP contribution in [-0.4, -0.2) is 0 Å². The van der Waals surface area contributed by atoms with Crippen molar-refractivity contribution in [3.05, 3.63) is 182 Å². The number of hydrogen-bond acceptors (Lipinski definition) is 1. The van der Waals surface area contributed by atoms with Crippen molar-refractivity contribution < 1.29 is 4.42 Å². The summed E-state index contributed by atoms with van der Waals surface area (Å²) in [6, 6.07) is 65.8. The average molecular weight is 623 g/mol. The van der Waals surface area contributed by atoms with Crippen LogP contribution in [0.5, 0.6) is 0 Å². The molecular weight excluding hydrogens is 593 g/mol. The standard InChI is InChI=1S/C48H30O/c1-3-15-31(16-4-1)46-35-20-8-7-19-33(35)29-42(47(46)32-17-5-2-6-18-32)48-40-24-11-9-22-38(40)45(39-23-10-12-25-41(39)48)34-27-28-37-36-21-13-14-26-43(36)49-44(37)30-34/h1-30H. The molecule has 1 heterocycles. The van der Waals surface area contributed by atoms with Gasteiger partial charge in [-0.15, -0.1) is 0 Å². The van der Waals surface area contributed by atoms with Crippen LogP contribution >= 0.6 is 0 Å². The largest absolute Gasteiger partial charge is 0.456 e. The fraction of sp³-hybridized carbons (Fsp3) is 0. The van der Waals surface area contributed by atoms with E-state index in [4.69, 9.17) is 4.42 Å². The summed E-state index contributed by atoms with van der Waals surface area (Å²) in [5, 5.41) is 9.67. The Morgan fingerprint density at radius 2 is 0.755 bits per heavy atom. The second kappa shape index (κ2) is 11.1. The van der Waals surface area contributed by atoms with E-state index in [0.717, 1.165) is 27.5 Å². The molecule has 0 aliphatic carbocycles. The SMILES string of the molecule is c1ccc(-c2c(-c3c4ccccc4c(-c4ccc5c(c4)oc4ccccc45)c4ccccc34)cc3ccccc3c2-c2ccccc2)cc1. The van der Waals surface area contributed by atoms with Gasteiger partial charge in [-0.2, -0.15) is 0 Å². The molecule has 0 unspecified atom stereocenters. The molecule has 0 atom stereocenters. The van der Waals surface area contributed by atoms with Crippen LogP contribution < -0.4 is 0 Å². The van der Waals surface area contributed by atoms with E-state index in [9.17, 15) is 0 Å². The minimum Gasteiger partial charge on any atom is -0.456 e. The monoisotopic (exact) mass is 622 g/mol. The zero-order valence-corrected chi connectivity index (χ0v) is 26.7. The second-order valence-electron chi connectivity index (χ2n) is 12.8. The van der Waals surface area contributed by atoms with Gasteiger partial charge in [0.05, 0.1) is 0 Å². The highest BCUT2D eigenvalue weighted by atomic mass is 16.3. The van der Waals surface area contributed by atoms with Gasteiger partial charge in [0.2, 0.25) is 0 Å². The maximum Gasteiger partial charge on any atom is 0.136 e. The Morgan fingerprint density at radius 1 is 0.265 bits per heavy atom. The summed E-state index contributed by atoms with van der Waals surface area (Å²) in [7, 11) is 0. The molecule has 0 spiro atoms. The Labute approximate surface area is 284 Å². The molecule has 0 bridgehead atoms. The summed E-state index contributed by atoms with van der Waals surface area (Å²) >= 11 is 0. The number of para-hydroxylation sites is 1. The molecule has 10 rings (SSSR count). The Bertz CT molecular complexity index is 2800. The molecule has 10 aromatic rings. The van der Waals surface area contributed by atoms with Crippen LogP contribution in [0.1, 0.15) is 0 Å². The quantitative estimate of drug-likeness (QED) is 0.178. The van der Waals surface area contributed by atoms with Crippen molar-refractivity contribution in [3.8, 4) is 44.5 Å². The molecule has 0 radical (unpaired) electrons. The summed E-state index contributed by atoms with van der Waals surface area (Å²) in [6.45, 7) is 0. The van der Waals surface area contributed by atoms with Crippen molar-refractivity contribution in [1.82, 2.24) is 0 Å². The van der Waals surface area contributed by atoms with Crippen LogP contribution in [0.4, 0.5) is 0 Å². The van der Waals surface area contributed by atoms with E-state index in [-0.39, 0.29) is 0 Å². The first-order chi connectivity index (χ1) is 24.3. The smallest absolute Gasteiger partial charge is 0.136 e. The van der Waals surface area contributed by atoms with E-state index in [2.05, 4.69) is 170 Å². The number of fused-ring (bicyclic) bond motifs is 6. The Kier molecular flexibility index (Phi) is 6.25. The molecule has 0 aliphatic heterocycles. The lowest BCUT2D eigenvalue weighted by Gasteiger charge is -2.23. The van der Waals surface area contributed by atoms with Crippen molar-refractivity contribution in [2.24, 2.45) is 0 Å². The van der Waals surface area contributed by atoms with Gasteiger partial charge in [-0.25, -0.2) is 0 Å². The molecule has 9 aromatic carbocycles. The van der Waals surface area contributed by atoms with Crippen molar-refractivity contribution in [2.45, 2.75) is 0 Å². The van der Waals surface area contributed by atoms with Crippen molar-refractivity contribution >= 4 is 54.3 Å². The fourth-order valence-corrected chi connectivity index (χ4v) is 7.97. The van der Waals surface area contributed by atoms with Crippen molar-refractivity contribution in [3.63, 3.8) is 0 Å². The minimum atomic E-state index is 0.907. The molecule has 0 saturated heterocycles. The first-order valence-electron chi connectivity index (χ1n) is 16.9. The first kappa shape index (κ1) is 27.7. The van der Waals surface area contributed by atoms with E-state index < -0.39 is 0 Å². The predicted octanol–water partition coefficient (Wildman–Crippen LogP) is 13.7. The zero-order valence-electron chi connectivity index (χ0n) is 26.7. The lowest BCUT2D eigenvalue weighted by molar-refractivity contribution is 0.669. The van der Waals surface area contributed by atoms with E-state index in [1.807, 2.05) is 12.1 Å². The topological polar surface area (TPSA) is 13.1 Å². The Balaban J connectivity index is 1.36. The van der Waals surface area contributed by atoms with Crippen LogP contribution in [0, 0.1) is 0 Å². The maximum atomic E-state index is 6.39. The third-order valence-corrected chi connectivity index (χ3v) is 10.0. The van der Waals surface area contributed by atoms with Gasteiger partial charge < -0.3 is 4.42 Å². The van der Waals surface area contributed by atoms with Gasteiger partial charge in [0, 0.05) is 10.8 Å². The molecular formula is C48H30O. The minimum absolute atomic E-state index is 0.907. The molecule has 49 heavy (non-hydrogen) atoms. The third-order valence-electron chi connectivity index (χ3n) is 10.0.